The maximum atomic E-state index is 9.66. The maximum Gasteiger partial charge on any atom is 0.357 e. The summed E-state index contributed by atoms with van der Waals surface area (Å²) in [4.78, 5) is 19.3. The molecule has 8 heavy (non-hydrogen) atoms. The van der Waals surface area contributed by atoms with Crippen LogP contribution in [0.3, 0.4) is 0 Å². The van der Waals surface area contributed by atoms with Gasteiger partial charge in [0.1, 0.15) is 0 Å². The third kappa shape index (κ3) is 4.54. The van der Waals surface area contributed by atoms with Crippen LogP contribution < -0.4 is 11.5 Å². The molecular formula is C2H4N4O2. The Balaban J connectivity index is 3.67. The molecular weight excluding hydrogens is 112 g/mol. The van der Waals surface area contributed by atoms with Crippen LogP contribution in [0.1, 0.15) is 0 Å². The van der Waals surface area contributed by atoms with E-state index in [-0.39, 0.29) is 0 Å². The number of primary amides is 2. The van der Waals surface area contributed by atoms with Crippen LogP contribution in [0.2, 0.25) is 0 Å². The summed E-state index contributed by atoms with van der Waals surface area (Å²) in [6, 6.07) is -2.08. The van der Waals surface area contributed by atoms with E-state index < -0.39 is 12.1 Å². The summed E-state index contributed by atoms with van der Waals surface area (Å²) in [6.07, 6.45) is 0. The number of urea groups is 2. The Morgan fingerprint density at radius 3 is 1.38 bits per heavy atom. The Morgan fingerprint density at radius 2 is 1.25 bits per heavy atom. The van der Waals surface area contributed by atoms with Crippen LogP contribution in [-0.4, -0.2) is 12.1 Å². The van der Waals surface area contributed by atoms with Crippen molar-refractivity contribution in [2.75, 3.05) is 0 Å². The Hall–Kier alpha value is -1.46. The highest BCUT2D eigenvalue weighted by Gasteiger charge is 1.86. The second kappa shape index (κ2) is 2.67. The summed E-state index contributed by atoms with van der Waals surface area (Å²) in [5.74, 6) is 0. The molecule has 0 bridgehead atoms. The molecule has 6 nitrogen and oxygen atoms in total. The van der Waals surface area contributed by atoms with Crippen LogP contribution in [0.5, 0.6) is 0 Å². The molecule has 0 aliphatic heterocycles. The number of carbonyl (C=O) groups is 2. The molecule has 0 heterocycles. The topological polar surface area (TPSA) is 111 Å². The second-order valence-electron chi connectivity index (χ2n) is 0.876. The lowest BCUT2D eigenvalue weighted by molar-refractivity contribution is 0.249. The zero-order chi connectivity index (χ0) is 6.57. The Bertz CT molecular complexity index is 123. The molecule has 4 amide bonds. The Labute approximate surface area is 44.6 Å². The van der Waals surface area contributed by atoms with Crippen molar-refractivity contribution in [3.63, 3.8) is 0 Å². The van der Waals surface area contributed by atoms with Gasteiger partial charge in [0, 0.05) is 0 Å². The van der Waals surface area contributed by atoms with E-state index in [0.29, 0.717) is 0 Å². The van der Waals surface area contributed by atoms with Gasteiger partial charge in [-0.15, -0.1) is 0 Å². The SMILES string of the molecule is NC(=O)/N=N\C(N)=O. The fourth-order valence-electron chi connectivity index (χ4n) is 0.0986. The van der Waals surface area contributed by atoms with Crippen molar-refractivity contribution in [1.82, 2.24) is 0 Å². The minimum absolute atomic E-state index is 1.04. The van der Waals surface area contributed by atoms with E-state index >= 15 is 0 Å². The number of rotatable bonds is 0. The standard InChI is InChI=1S/C2H4N4O2/c3-1(7)5-6-2(4)8/h(H2,3,7)(H2,4,8)/b6-5-. The monoisotopic (exact) mass is 116 g/mol. The zero-order valence-electron chi connectivity index (χ0n) is 3.87. The molecule has 0 aliphatic carbocycles. The van der Waals surface area contributed by atoms with Gasteiger partial charge in [0.2, 0.25) is 0 Å². The van der Waals surface area contributed by atoms with E-state index in [4.69, 9.17) is 0 Å². The molecule has 0 rings (SSSR count). The highest BCUT2D eigenvalue weighted by Crippen LogP contribution is 1.72. The number of hydrogen-bond acceptors (Lipinski definition) is 2. The van der Waals surface area contributed by atoms with Crippen molar-refractivity contribution in [1.29, 1.82) is 0 Å². The lowest BCUT2D eigenvalue weighted by Gasteiger charge is -1.74. The minimum Gasteiger partial charge on any atom is -0.348 e. The van der Waals surface area contributed by atoms with E-state index in [1.54, 1.807) is 0 Å². The predicted octanol–water partition coefficient (Wildman–Crippen LogP) is -0.404. The van der Waals surface area contributed by atoms with Gasteiger partial charge >= 0.3 is 12.1 Å². The fourth-order valence-corrected chi connectivity index (χ4v) is 0.0986. The summed E-state index contributed by atoms with van der Waals surface area (Å²) in [5.41, 5.74) is 8.87. The maximum absolute atomic E-state index is 9.66. The molecule has 0 aromatic carbocycles. The van der Waals surface area contributed by atoms with Crippen LogP contribution in [0.25, 0.3) is 0 Å². The number of amides is 4. The average Bonchev–Trinajstić information content (AvgIpc) is 1.61. The zero-order valence-corrected chi connectivity index (χ0v) is 3.87. The molecule has 0 aromatic rings. The van der Waals surface area contributed by atoms with Gasteiger partial charge in [-0.25, -0.2) is 9.59 Å². The highest BCUT2D eigenvalue weighted by atomic mass is 16.2. The first-order valence-electron chi connectivity index (χ1n) is 1.63. The van der Waals surface area contributed by atoms with Gasteiger partial charge in [0.15, 0.2) is 0 Å². The van der Waals surface area contributed by atoms with Gasteiger partial charge < -0.3 is 11.5 Å². The summed E-state index contributed by atoms with van der Waals surface area (Å²) < 4.78 is 0. The summed E-state index contributed by atoms with van der Waals surface area (Å²) in [6.45, 7) is 0. The largest absolute Gasteiger partial charge is 0.357 e. The van der Waals surface area contributed by atoms with Crippen LogP contribution in [0, 0.1) is 0 Å². The van der Waals surface area contributed by atoms with Crippen molar-refractivity contribution < 1.29 is 9.59 Å². The van der Waals surface area contributed by atoms with Gasteiger partial charge in [-0.1, -0.05) is 10.2 Å². The molecule has 0 radical (unpaired) electrons. The molecule has 0 aliphatic rings. The van der Waals surface area contributed by atoms with E-state index in [1.165, 1.54) is 0 Å². The van der Waals surface area contributed by atoms with Crippen molar-refractivity contribution in [3.8, 4) is 0 Å². The first-order valence-corrected chi connectivity index (χ1v) is 1.63. The lowest BCUT2D eigenvalue weighted by atomic mass is 11.1. The van der Waals surface area contributed by atoms with Gasteiger partial charge in [0.25, 0.3) is 0 Å². The van der Waals surface area contributed by atoms with Crippen molar-refractivity contribution >= 4 is 12.1 Å². The van der Waals surface area contributed by atoms with Crippen molar-refractivity contribution in [2.24, 2.45) is 21.7 Å². The van der Waals surface area contributed by atoms with Crippen LogP contribution in [-0.2, 0) is 0 Å². The van der Waals surface area contributed by atoms with E-state index in [1.807, 2.05) is 0 Å². The smallest absolute Gasteiger partial charge is 0.348 e. The average molecular weight is 116 g/mol. The third-order valence-corrected chi connectivity index (χ3v) is 0.247. The predicted molar refractivity (Wildman–Crippen MR) is 24.0 cm³/mol. The Kier molecular flexibility index (Phi) is 2.18. The summed E-state index contributed by atoms with van der Waals surface area (Å²) in [7, 11) is 0. The lowest BCUT2D eigenvalue weighted by Crippen LogP contribution is -2.07. The van der Waals surface area contributed by atoms with Crippen LogP contribution in [0.4, 0.5) is 9.59 Å². The van der Waals surface area contributed by atoms with Crippen molar-refractivity contribution in [2.45, 2.75) is 0 Å². The second-order valence-corrected chi connectivity index (χ2v) is 0.876. The molecule has 0 unspecified atom stereocenters. The van der Waals surface area contributed by atoms with Crippen molar-refractivity contribution in [3.05, 3.63) is 0 Å². The van der Waals surface area contributed by atoms with Gasteiger partial charge in [-0.2, -0.15) is 0 Å². The molecule has 4 N–H and O–H groups in total. The number of hydrogen-bond donors (Lipinski definition) is 2. The van der Waals surface area contributed by atoms with Gasteiger partial charge in [0.05, 0.1) is 0 Å². The van der Waals surface area contributed by atoms with Gasteiger partial charge in [-0.3, -0.25) is 0 Å². The number of azo groups is 1. The third-order valence-electron chi connectivity index (χ3n) is 0.247. The quantitative estimate of drug-likeness (QED) is 0.419. The molecule has 0 fully saturated rings. The Morgan fingerprint density at radius 1 is 1.00 bits per heavy atom. The number of carbonyl (C=O) groups excluding carboxylic acids is 2. The summed E-state index contributed by atoms with van der Waals surface area (Å²) >= 11 is 0. The molecule has 0 aromatic heterocycles. The molecule has 0 atom stereocenters. The minimum atomic E-state index is -1.04. The molecule has 0 saturated heterocycles. The molecule has 6 heteroatoms. The molecule has 44 valence electrons. The normalized spacial score (nSPS) is 9.50. The first kappa shape index (κ1) is 6.54. The molecule has 0 spiro atoms. The summed E-state index contributed by atoms with van der Waals surface area (Å²) in [5, 5.41) is 5.23. The number of nitrogens with zero attached hydrogens (tertiary/aromatic N) is 2. The van der Waals surface area contributed by atoms with E-state index in [2.05, 4.69) is 21.7 Å². The van der Waals surface area contributed by atoms with Crippen LogP contribution in [0.15, 0.2) is 10.2 Å². The van der Waals surface area contributed by atoms with E-state index in [0.717, 1.165) is 0 Å². The fraction of sp³-hybridized carbons (Fsp3) is 0. The van der Waals surface area contributed by atoms with Crippen LogP contribution >= 0.6 is 0 Å². The number of nitrogens with two attached hydrogens (primary N) is 2. The first-order chi connectivity index (χ1) is 3.63. The molecule has 0 saturated carbocycles. The van der Waals surface area contributed by atoms with Gasteiger partial charge in [-0.05, 0) is 0 Å². The van der Waals surface area contributed by atoms with E-state index in [9.17, 15) is 9.59 Å². The highest BCUT2D eigenvalue weighted by molar-refractivity contribution is 5.77.